The molecule has 2 aromatic rings. The molecule has 0 bridgehead atoms. The zero-order valence-electron chi connectivity index (χ0n) is 13.0. The third-order valence-electron chi connectivity index (χ3n) is 3.38. The van der Waals surface area contributed by atoms with Crippen LogP contribution in [-0.2, 0) is 0 Å². The Bertz CT molecular complexity index is 610. The van der Waals surface area contributed by atoms with Crippen LogP contribution in [0.3, 0.4) is 0 Å². The maximum absolute atomic E-state index is 5.79. The van der Waals surface area contributed by atoms with Gasteiger partial charge in [0.2, 0.25) is 0 Å². The SMILES string of the molecule is CNC(c1cccc(OC(C)C)c1)c1ccc(C)c(Br)c1. The van der Waals surface area contributed by atoms with Gasteiger partial charge in [0, 0.05) is 4.47 Å². The highest BCUT2D eigenvalue weighted by Crippen LogP contribution is 2.28. The van der Waals surface area contributed by atoms with Crippen molar-refractivity contribution in [1.82, 2.24) is 5.32 Å². The highest BCUT2D eigenvalue weighted by molar-refractivity contribution is 9.10. The maximum Gasteiger partial charge on any atom is 0.120 e. The minimum absolute atomic E-state index is 0.151. The lowest BCUT2D eigenvalue weighted by molar-refractivity contribution is 0.242. The zero-order valence-corrected chi connectivity index (χ0v) is 14.6. The van der Waals surface area contributed by atoms with E-state index in [1.165, 1.54) is 16.7 Å². The van der Waals surface area contributed by atoms with E-state index >= 15 is 0 Å². The van der Waals surface area contributed by atoms with Crippen molar-refractivity contribution in [2.45, 2.75) is 32.9 Å². The van der Waals surface area contributed by atoms with Gasteiger partial charge in [0.1, 0.15) is 5.75 Å². The molecule has 0 spiro atoms. The van der Waals surface area contributed by atoms with Crippen LogP contribution in [0.25, 0.3) is 0 Å². The summed E-state index contributed by atoms with van der Waals surface area (Å²) in [6.07, 6.45) is 0.182. The van der Waals surface area contributed by atoms with E-state index in [1.807, 2.05) is 33.0 Å². The van der Waals surface area contributed by atoms with Gasteiger partial charge in [0.05, 0.1) is 12.1 Å². The predicted molar refractivity (Wildman–Crippen MR) is 92.0 cm³/mol. The van der Waals surface area contributed by atoms with E-state index in [9.17, 15) is 0 Å². The molecule has 21 heavy (non-hydrogen) atoms. The third kappa shape index (κ3) is 4.08. The molecular weight excluding hydrogens is 326 g/mol. The first-order valence-electron chi connectivity index (χ1n) is 7.21. The lowest BCUT2D eigenvalue weighted by Crippen LogP contribution is -2.18. The van der Waals surface area contributed by atoms with Crippen LogP contribution in [0, 0.1) is 6.92 Å². The normalized spacial score (nSPS) is 12.5. The van der Waals surface area contributed by atoms with Gasteiger partial charge < -0.3 is 10.1 Å². The first-order valence-corrected chi connectivity index (χ1v) is 8.00. The minimum atomic E-state index is 0.151. The summed E-state index contributed by atoms with van der Waals surface area (Å²) in [6, 6.07) is 14.9. The lowest BCUT2D eigenvalue weighted by atomic mass is 9.98. The molecule has 1 unspecified atom stereocenters. The summed E-state index contributed by atoms with van der Waals surface area (Å²) in [5.41, 5.74) is 3.67. The minimum Gasteiger partial charge on any atom is -0.491 e. The summed E-state index contributed by atoms with van der Waals surface area (Å²) in [4.78, 5) is 0. The smallest absolute Gasteiger partial charge is 0.120 e. The van der Waals surface area contributed by atoms with Crippen LogP contribution in [-0.4, -0.2) is 13.2 Å². The lowest BCUT2D eigenvalue weighted by Gasteiger charge is -2.19. The summed E-state index contributed by atoms with van der Waals surface area (Å²) in [5.74, 6) is 0.911. The number of halogens is 1. The van der Waals surface area contributed by atoms with Crippen LogP contribution in [0.5, 0.6) is 5.75 Å². The van der Waals surface area contributed by atoms with Crippen LogP contribution < -0.4 is 10.1 Å². The van der Waals surface area contributed by atoms with Crippen molar-refractivity contribution in [2.24, 2.45) is 0 Å². The molecule has 112 valence electrons. The zero-order chi connectivity index (χ0) is 15.4. The molecule has 0 radical (unpaired) electrons. The number of benzene rings is 2. The average Bonchev–Trinajstić information content (AvgIpc) is 2.43. The fourth-order valence-corrected chi connectivity index (χ4v) is 2.75. The molecule has 1 atom stereocenters. The van der Waals surface area contributed by atoms with E-state index in [2.05, 4.69) is 58.5 Å². The quantitative estimate of drug-likeness (QED) is 0.834. The Hall–Kier alpha value is -1.32. The highest BCUT2D eigenvalue weighted by Gasteiger charge is 2.13. The second-order valence-corrected chi connectivity index (χ2v) is 6.32. The number of hydrogen-bond acceptors (Lipinski definition) is 2. The molecule has 0 aliphatic heterocycles. The average molecular weight is 348 g/mol. The molecule has 0 saturated heterocycles. The van der Waals surface area contributed by atoms with Gasteiger partial charge in [-0.15, -0.1) is 0 Å². The molecule has 2 aromatic carbocycles. The van der Waals surface area contributed by atoms with Gasteiger partial charge in [-0.3, -0.25) is 0 Å². The first-order chi connectivity index (χ1) is 10.0. The van der Waals surface area contributed by atoms with E-state index in [4.69, 9.17) is 4.74 Å². The number of nitrogens with one attached hydrogen (secondary N) is 1. The molecule has 3 heteroatoms. The van der Waals surface area contributed by atoms with Gasteiger partial charge in [-0.1, -0.05) is 40.2 Å². The Kier molecular flexibility index (Phi) is 5.43. The number of rotatable bonds is 5. The molecule has 0 fully saturated rings. The van der Waals surface area contributed by atoms with Crippen molar-refractivity contribution in [3.05, 3.63) is 63.6 Å². The van der Waals surface area contributed by atoms with Crippen molar-refractivity contribution < 1.29 is 4.74 Å². The van der Waals surface area contributed by atoms with Gasteiger partial charge in [0.25, 0.3) is 0 Å². The molecule has 0 heterocycles. The van der Waals surface area contributed by atoms with Gasteiger partial charge in [-0.25, -0.2) is 0 Å². The Morgan fingerprint density at radius 2 is 1.76 bits per heavy atom. The van der Waals surface area contributed by atoms with E-state index in [1.54, 1.807) is 0 Å². The monoisotopic (exact) mass is 347 g/mol. The molecule has 2 rings (SSSR count). The van der Waals surface area contributed by atoms with Crippen LogP contribution in [0.2, 0.25) is 0 Å². The molecule has 0 saturated carbocycles. The summed E-state index contributed by atoms with van der Waals surface area (Å²) in [6.45, 7) is 6.18. The summed E-state index contributed by atoms with van der Waals surface area (Å²) < 4.78 is 6.93. The van der Waals surface area contributed by atoms with Crippen molar-refractivity contribution in [3.8, 4) is 5.75 Å². The molecule has 2 nitrogen and oxygen atoms in total. The fourth-order valence-electron chi connectivity index (χ4n) is 2.35. The van der Waals surface area contributed by atoms with Gasteiger partial charge in [0.15, 0.2) is 0 Å². The van der Waals surface area contributed by atoms with Crippen molar-refractivity contribution >= 4 is 15.9 Å². The highest BCUT2D eigenvalue weighted by atomic mass is 79.9. The molecule has 0 aliphatic rings. The molecule has 0 aliphatic carbocycles. The van der Waals surface area contributed by atoms with Crippen LogP contribution in [0.1, 0.15) is 36.6 Å². The summed E-state index contributed by atoms with van der Waals surface area (Å²) in [7, 11) is 1.98. The molecule has 0 amide bonds. The topological polar surface area (TPSA) is 21.3 Å². The van der Waals surface area contributed by atoms with E-state index < -0.39 is 0 Å². The molecular formula is C18H22BrNO. The van der Waals surface area contributed by atoms with Crippen molar-refractivity contribution in [2.75, 3.05) is 7.05 Å². The Morgan fingerprint density at radius 3 is 2.38 bits per heavy atom. The fraction of sp³-hybridized carbons (Fsp3) is 0.333. The second-order valence-electron chi connectivity index (χ2n) is 5.47. The van der Waals surface area contributed by atoms with E-state index in [0.29, 0.717) is 0 Å². The second kappa shape index (κ2) is 7.10. The van der Waals surface area contributed by atoms with E-state index in [0.717, 1.165) is 10.2 Å². The van der Waals surface area contributed by atoms with E-state index in [-0.39, 0.29) is 12.1 Å². The predicted octanol–water partition coefficient (Wildman–Crippen LogP) is 4.85. The largest absolute Gasteiger partial charge is 0.491 e. The Balaban J connectivity index is 2.34. The Labute approximate surface area is 135 Å². The number of ether oxygens (including phenoxy) is 1. The first kappa shape index (κ1) is 16.1. The maximum atomic E-state index is 5.79. The molecule has 0 aromatic heterocycles. The third-order valence-corrected chi connectivity index (χ3v) is 4.24. The van der Waals surface area contributed by atoms with Crippen LogP contribution >= 0.6 is 15.9 Å². The number of hydrogen-bond donors (Lipinski definition) is 1. The van der Waals surface area contributed by atoms with Crippen LogP contribution in [0.15, 0.2) is 46.9 Å². The van der Waals surface area contributed by atoms with Gasteiger partial charge >= 0.3 is 0 Å². The summed E-state index contributed by atoms with van der Waals surface area (Å²) >= 11 is 3.61. The van der Waals surface area contributed by atoms with Crippen molar-refractivity contribution in [3.63, 3.8) is 0 Å². The van der Waals surface area contributed by atoms with Crippen molar-refractivity contribution in [1.29, 1.82) is 0 Å². The van der Waals surface area contributed by atoms with Gasteiger partial charge in [-0.2, -0.15) is 0 Å². The molecule has 1 N–H and O–H groups in total. The van der Waals surface area contributed by atoms with Gasteiger partial charge in [-0.05, 0) is 62.7 Å². The summed E-state index contributed by atoms with van der Waals surface area (Å²) in [5, 5.41) is 3.39. The van der Waals surface area contributed by atoms with Crippen LogP contribution in [0.4, 0.5) is 0 Å². The number of aryl methyl sites for hydroxylation is 1. The Morgan fingerprint density at radius 1 is 1.05 bits per heavy atom. The standard InChI is InChI=1S/C18H22BrNO/c1-12(2)21-16-7-5-6-14(10-16)18(20-4)15-9-8-13(3)17(19)11-15/h5-12,18,20H,1-4H3.